The van der Waals surface area contributed by atoms with E-state index >= 15 is 0 Å². The van der Waals surface area contributed by atoms with Gasteiger partial charge in [0.15, 0.2) is 0 Å². The fraction of sp³-hybridized carbons (Fsp3) is 0.227. The molecular formula is C22H22N2O4S. The summed E-state index contributed by atoms with van der Waals surface area (Å²) in [6.07, 6.45) is 6.37. The van der Waals surface area contributed by atoms with Crippen LogP contribution < -0.4 is 0 Å². The second-order valence-electron chi connectivity index (χ2n) is 6.62. The number of aromatic nitrogens is 2. The third kappa shape index (κ3) is 5.00. The Morgan fingerprint density at radius 3 is 2.52 bits per heavy atom. The summed E-state index contributed by atoms with van der Waals surface area (Å²) in [7, 11) is 0. The van der Waals surface area contributed by atoms with Crippen molar-refractivity contribution in [3.05, 3.63) is 75.5 Å². The van der Waals surface area contributed by atoms with Crippen LogP contribution >= 0.6 is 11.3 Å². The highest BCUT2D eigenvalue weighted by atomic mass is 32.1. The highest BCUT2D eigenvalue weighted by Gasteiger charge is 2.15. The number of imidazole rings is 1. The molecule has 7 heteroatoms. The van der Waals surface area contributed by atoms with Gasteiger partial charge >= 0.3 is 11.9 Å². The summed E-state index contributed by atoms with van der Waals surface area (Å²) in [5, 5.41) is 20.7. The van der Waals surface area contributed by atoms with Gasteiger partial charge in [-0.25, -0.2) is 14.6 Å². The van der Waals surface area contributed by atoms with Gasteiger partial charge in [0.25, 0.3) is 0 Å². The molecule has 0 saturated heterocycles. The number of unbranched alkanes of at least 4 members (excludes halogenated alkanes) is 1. The van der Waals surface area contributed by atoms with E-state index in [0.717, 1.165) is 35.7 Å². The summed E-state index contributed by atoms with van der Waals surface area (Å²) in [4.78, 5) is 28.5. The standard InChI is InChI=1S/C22H22N2O4S/c1-2-3-6-20-23-14-18(12-16(22(27)28)13-19-5-4-11-29-19)24(20)17-9-7-15(8-10-17)21(25)26/h4-5,7-12,14H,2-3,6,13H2,1H3,(H,25,26)(H,27,28). The normalized spacial score (nSPS) is 11.6. The lowest BCUT2D eigenvalue weighted by Crippen LogP contribution is -2.07. The van der Waals surface area contributed by atoms with E-state index in [2.05, 4.69) is 11.9 Å². The number of aryl methyl sites for hydroxylation is 1. The second kappa shape index (κ2) is 9.34. The van der Waals surface area contributed by atoms with E-state index in [9.17, 15) is 14.7 Å². The van der Waals surface area contributed by atoms with Crippen LogP contribution in [0.25, 0.3) is 11.8 Å². The van der Waals surface area contributed by atoms with Gasteiger partial charge < -0.3 is 10.2 Å². The van der Waals surface area contributed by atoms with Crippen molar-refractivity contribution in [2.75, 3.05) is 0 Å². The average molecular weight is 410 g/mol. The number of aliphatic carboxylic acids is 1. The molecule has 0 saturated carbocycles. The summed E-state index contributed by atoms with van der Waals surface area (Å²) < 4.78 is 1.90. The van der Waals surface area contributed by atoms with Crippen LogP contribution in [0.1, 0.15) is 46.5 Å². The maximum absolute atomic E-state index is 11.8. The largest absolute Gasteiger partial charge is 0.478 e. The number of rotatable bonds is 9. The quantitative estimate of drug-likeness (QED) is 0.500. The maximum atomic E-state index is 11.8. The Morgan fingerprint density at radius 1 is 1.17 bits per heavy atom. The highest BCUT2D eigenvalue weighted by Crippen LogP contribution is 2.22. The summed E-state index contributed by atoms with van der Waals surface area (Å²) in [5.74, 6) is -1.14. The van der Waals surface area contributed by atoms with E-state index in [-0.39, 0.29) is 11.1 Å². The van der Waals surface area contributed by atoms with Crippen molar-refractivity contribution in [1.82, 2.24) is 9.55 Å². The zero-order valence-corrected chi connectivity index (χ0v) is 16.9. The Kier molecular flexibility index (Phi) is 6.61. The minimum Gasteiger partial charge on any atom is -0.478 e. The molecule has 0 aliphatic carbocycles. The molecule has 0 unspecified atom stereocenters. The highest BCUT2D eigenvalue weighted by molar-refractivity contribution is 7.09. The number of nitrogens with zero attached hydrogens (tertiary/aromatic N) is 2. The molecule has 0 aliphatic rings. The molecule has 3 aromatic rings. The van der Waals surface area contributed by atoms with Crippen LogP contribution in [0.15, 0.2) is 53.5 Å². The molecule has 150 valence electrons. The van der Waals surface area contributed by atoms with E-state index in [1.807, 2.05) is 22.1 Å². The van der Waals surface area contributed by atoms with Gasteiger partial charge in [0.1, 0.15) is 5.82 Å². The predicted octanol–water partition coefficient (Wildman–Crippen LogP) is 4.69. The number of hydrogen-bond donors (Lipinski definition) is 2. The van der Waals surface area contributed by atoms with Gasteiger partial charge in [0.2, 0.25) is 0 Å². The summed E-state index contributed by atoms with van der Waals surface area (Å²) in [5.41, 5.74) is 1.89. The monoisotopic (exact) mass is 410 g/mol. The lowest BCUT2D eigenvalue weighted by atomic mass is 10.1. The second-order valence-corrected chi connectivity index (χ2v) is 7.65. The summed E-state index contributed by atoms with van der Waals surface area (Å²) in [6, 6.07) is 10.3. The first-order valence-corrected chi connectivity index (χ1v) is 10.2. The number of carboxylic acid groups (broad SMARTS) is 2. The zero-order valence-electron chi connectivity index (χ0n) is 16.0. The number of thiophene rings is 1. The van der Waals surface area contributed by atoms with Crippen LogP contribution in [0, 0.1) is 0 Å². The average Bonchev–Trinajstić information content (AvgIpc) is 3.35. The maximum Gasteiger partial charge on any atom is 0.335 e. The first-order chi connectivity index (χ1) is 14.0. The Morgan fingerprint density at radius 2 is 1.93 bits per heavy atom. The molecule has 0 amide bonds. The molecule has 2 N–H and O–H groups in total. The van der Waals surface area contributed by atoms with Crippen LogP contribution in [-0.2, 0) is 17.6 Å². The Hall–Kier alpha value is -3.19. The summed E-state index contributed by atoms with van der Waals surface area (Å²) in [6.45, 7) is 2.10. The van der Waals surface area contributed by atoms with Crippen LogP contribution in [0.2, 0.25) is 0 Å². The molecular weight excluding hydrogens is 388 g/mol. The fourth-order valence-electron chi connectivity index (χ4n) is 3.04. The third-order valence-electron chi connectivity index (χ3n) is 4.53. The molecule has 2 heterocycles. The van der Waals surface area contributed by atoms with Crippen LogP contribution in [-0.4, -0.2) is 31.7 Å². The number of benzene rings is 1. The van der Waals surface area contributed by atoms with E-state index in [1.54, 1.807) is 36.5 Å². The summed E-state index contributed by atoms with van der Waals surface area (Å²) >= 11 is 1.52. The van der Waals surface area contributed by atoms with Crippen molar-refractivity contribution in [2.24, 2.45) is 0 Å². The molecule has 29 heavy (non-hydrogen) atoms. The predicted molar refractivity (Wildman–Crippen MR) is 113 cm³/mol. The topological polar surface area (TPSA) is 92.4 Å². The molecule has 0 radical (unpaired) electrons. The lowest BCUT2D eigenvalue weighted by Gasteiger charge is -2.11. The van der Waals surface area contributed by atoms with Crippen LogP contribution in [0.4, 0.5) is 0 Å². The van der Waals surface area contributed by atoms with E-state index in [4.69, 9.17) is 5.11 Å². The molecule has 0 atom stereocenters. The Bertz CT molecular complexity index is 1020. The number of carboxylic acids is 2. The minimum absolute atomic E-state index is 0.199. The SMILES string of the molecule is CCCCc1ncc(C=C(Cc2cccs2)C(=O)O)n1-c1ccc(C(=O)O)cc1. The van der Waals surface area contributed by atoms with Crippen molar-refractivity contribution in [3.8, 4) is 5.69 Å². The van der Waals surface area contributed by atoms with Gasteiger partial charge in [-0.05, 0) is 48.2 Å². The minimum atomic E-state index is -0.988. The van der Waals surface area contributed by atoms with Crippen molar-refractivity contribution in [2.45, 2.75) is 32.6 Å². The van der Waals surface area contributed by atoms with Gasteiger partial charge in [-0.1, -0.05) is 19.4 Å². The Balaban J connectivity index is 2.04. The van der Waals surface area contributed by atoms with E-state index in [1.165, 1.54) is 11.3 Å². The first kappa shape index (κ1) is 20.5. The fourth-order valence-corrected chi connectivity index (χ4v) is 3.77. The van der Waals surface area contributed by atoms with Crippen molar-refractivity contribution >= 4 is 29.4 Å². The van der Waals surface area contributed by atoms with E-state index in [0.29, 0.717) is 12.1 Å². The van der Waals surface area contributed by atoms with Crippen molar-refractivity contribution in [3.63, 3.8) is 0 Å². The molecule has 0 bridgehead atoms. The lowest BCUT2D eigenvalue weighted by molar-refractivity contribution is -0.132. The zero-order chi connectivity index (χ0) is 20.8. The van der Waals surface area contributed by atoms with Gasteiger partial charge in [-0.15, -0.1) is 11.3 Å². The van der Waals surface area contributed by atoms with Gasteiger partial charge in [-0.2, -0.15) is 0 Å². The van der Waals surface area contributed by atoms with Crippen molar-refractivity contribution < 1.29 is 19.8 Å². The van der Waals surface area contributed by atoms with Gasteiger partial charge in [0.05, 0.1) is 17.5 Å². The number of hydrogen-bond acceptors (Lipinski definition) is 4. The number of carbonyl (C=O) groups is 2. The molecule has 0 fully saturated rings. The van der Waals surface area contributed by atoms with Crippen molar-refractivity contribution in [1.29, 1.82) is 0 Å². The third-order valence-corrected chi connectivity index (χ3v) is 5.41. The molecule has 3 rings (SSSR count). The van der Waals surface area contributed by atoms with Gasteiger partial charge in [0, 0.05) is 29.0 Å². The Labute approximate surface area is 172 Å². The van der Waals surface area contributed by atoms with E-state index < -0.39 is 11.9 Å². The molecule has 0 aliphatic heterocycles. The molecule has 2 aromatic heterocycles. The van der Waals surface area contributed by atoms with Crippen LogP contribution in [0.3, 0.4) is 0 Å². The van der Waals surface area contributed by atoms with Gasteiger partial charge in [-0.3, -0.25) is 4.57 Å². The first-order valence-electron chi connectivity index (χ1n) is 9.36. The molecule has 1 aromatic carbocycles. The number of aromatic carboxylic acids is 1. The smallest absolute Gasteiger partial charge is 0.335 e. The molecule has 6 nitrogen and oxygen atoms in total. The molecule has 0 spiro atoms. The van der Waals surface area contributed by atoms with Crippen LogP contribution in [0.5, 0.6) is 0 Å².